The van der Waals surface area contributed by atoms with Crippen LogP contribution in [0.5, 0.6) is 0 Å². The van der Waals surface area contributed by atoms with Gasteiger partial charge in [0.15, 0.2) is 0 Å². The molecular formula is C16H13ClN4O2. The van der Waals surface area contributed by atoms with Crippen LogP contribution in [0, 0.1) is 0 Å². The highest BCUT2D eigenvalue weighted by Crippen LogP contribution is 2.18. The largest absolute Gasteiger partial charge is 0.309 e. The van der Waals surface area contributed by atoms with Crippen molar-refractivity contribution >= 4 is 23.3 Å². The number of carbonyl (C=O) groups excluding carboxylic acids is 1. The van der Waals surface area contributed by atoms with Gasteiger partial charge in [0, 0.05) is 23.4 Å². The number of carbonyl (C=O) groups is 1. The van der Waals surface area contributed by atoms with Crippen LogP contribution in [0.15, 0.2) is 65.7 Å². The number of benzene rings is 1. The highest BCUT2D eigenvalue weighted by molar-refractivity contribution is 6.30. The van der Waals surface area contributed by atoms with E-state index in [1.54, 1.807) is 53.5 Å². The number of halogens is 1. The Morgan fingerprint density at radius 3 is 2.83 bits per heavy atom. The third-order valence-electron chi connectivity index (χ3n) is 3.18. The molecule has 6 nitrogen and oxygen atoms in total. The second-order valence-corrected chi connectivity index (χ2v) is 5.26. The highest BCUT2D eigenvalue weighted by Gasteiger charge is 2.10. The third-order valence-corrected chi connectivity index (χ3v) is 3.41. The Morgan fingerprint density at radius 2 is 2.04 bits per heavy atom. The molecule has 23 heavy (non-hydrogen) atoms. The van der Waals surface area contributed by atoms with Crippen molar-refractivity contribution in [2.45, 2.75) is 6.54 Å². The summed E-state index contributed by atoms with van der Waals surface area (Å²) in [6, 6.07) is 13.5. The van der Waals surface area contributed by atoms with Gasteiger partial charge in [-0.15, -0.1) is 0 Å². The maximum absolute atomic E-state index is 12.1. The molecule has 3 rings (SSSR count). The number of aromatic nitrogens is 3. The Morgan fingerprint density at radius 1 is 1.17 bits per heavy atom. The van der Waals surface area contributed by atoms with Crippen molar-refractivity contribution in [2.75, 3.05) is 5.32 Å². The summed E-state index contributed by atoms with van der Waals surface area (Å²) in [5.41, 5.74) is 0.501. The zero-order chi connectivity index (χ0) is 16.2. The Balaban J connectivity index is 1.79. The van der Waals surface area contributed by atoms with Gasteiger partial charge in [0.2, 0.25) is 5.91 Å². The second kappa shape index (κ2) is 6.50. The topological polar surface area (TPSA) is 68.9 Å². The first-order valence-electron chi connectivity index (χ1n) is 6.89. The van der Waals surface area contributed by atoms with Gasteiger partial charge in [0.1, 0.15) is 12.4 Å². The molecule has 0 unspecified atom stereocenters. The predicted molar refractivity (Wildman–Crippen MR) is 87.9 cm³/mol. The number of pyridine rings is 1. The maximum atomic E-state index is 12.1. The van der Waals surface area contributed by atoms with E-state index >= 15 is 0 Å². The number of rotatable bonds is 4. The molecule has 2 heterocycles. The number of hydrogen-bond donors (Lipinski definition) is 1. The summed E-state index contributed by atoms with van der Waals surface area (Å²) in [5, 5.41) is 7.50. The minimum absolute atomic E-state index is 0.0690. The molecule has 0 saturated heterocycles. The maximum Gasteiger partial charge on any atom is 0.250 e. The molecule has 0 spiro atoms. The van der Waals surface area contributed by atoms with E-state index in [9.17, 15) is 9.59 Å². The summed E-state index contributed by atoms with van der Waals surface area (Å²) < 4.78 is 2.90. The predicted octanol–water partition coefficient (Wildman–Crippen LogP) is 2.33. The van der Waals surface area contributed by atoms with E-state index in [0.29, 0.717) is 10.8 Å². The molecular weight excluding hydrogens is 316 g/mol. The van der Waals surface area contributed by atoms with Crippen LogP contribution < -0.4 is 10.9 Å². The van der Waals surface area contributed by atoms with Gasteiger partial charge in [-0.05, 0) is 24.3 Å². The summed E-state index contributed by atoms with van der Waals surface area (Å²) in [6.45, 7) is -0.0690. The molecule has 1 N–H and O–H groups in total. The van der Waals surface area contributed by atoms with Crippen LogP contribution >= 0.6 is 11.6 Å². The zero-order valence-electron chi connectivity index (χ0n) is 12.0. The fraction of sp³-hybridized carbons (Fsp3) is 0.0625. The van der Waals surface area contributed by atoms with Gasteiger partial charge < -0.3 is 9.88 Å². The van der Waals surface area contributed by atoms with Crippen molar-refractivity contribution in [3.8, 4) is 5.69 Å². The molecule has 0 aliphatic carbocycles. The standard InChI is InChI=1S/C16H13ClN4O2/c17-12-4-3-5-13(10-12)21-14(7-8-18-21)19-15(22)11-20-9-2-1-6-16(20)23/h1-10H,11H2,(H,19,22). The van der Waals surface area contributed by atoms with E-state index in [2.05, 4.69) is 10.4 Å². The molecule has 7 heteroatoms. The molecule has 1 amide bonds. The molecule has 1 aromatic carbocycles. The molecule has 2 aromatic heterocycles. The van der Waals surface area contributed by atoms with Gasteiger partial charge in [-0.2, -0.15) is 5.10 Å². The lowest BCUT2D eigenvalue weighted by Crippen LogP contribution is -2.27. The lowest BCUT2D eigenvalue weighted by Gasteiger charge is -2.10. The van der Waals surface area contributed by atoms with E-state index in [0.717, 1.165) is 5.69 Å². The Labute approximate surface area is 136 Å². The van der Waals surface area contributed by atoms with Crippen LogP contribution in [-0.2, 0) is 11.3 Å². The average Bonchev–Trinajstić information content (AvgIpc) is 2.97. The number of hydrogen-bond acceptors (Lipinski definition) is 3. The summed E-state index contributed by atoms with van der Waals surface area (Å²) in [5.74, 6) is 0.184. The van der Waals surface area contributed by atoms with Crippen molar-refractivity contribution in [1.29, 1.82) is 0 Å². The molecule has 0 aliphatic rings. The van der Waals surface area contributed by atoms with E-state index in [4.69, 9.17) is 11.6 Å². The van der Waals surface area contributed by atoms with Crippen molar-refractivity contribution in [3.05, 3.63) is 76.3 Å². The summed E-state index contributed by atoms with van der Waals surface area (Å²) in [4.78, 5) is 23.8. The van der Waals surface area contributed by atoms with E-state index in [1.165, 1.54) is 10.6 Å². The molecule has 0 radical (unpaired) electrons. The van der Waals surface area contributed by atoms with Crippen LogP contribution in [0.3, 0.4) is 0 Å². The highest BCUT2D eigenvalue weighted by atomic mass is 35.5. The van der Waals surface area contributed by atoms with Crippen LogP contribution in [0.1, 0.15) is 0 Å². The smallest absolute Gasteiger partial charge is 0.250 e. The Hall–Kier alpha value is -2.86. The fourth-order valence-corrected chi connectivity index (χ4v) is 2.32. The first-order chi connectivity index (χ1) is 11.1. The van der Waals surface area contributed by atoms with Crippen LogP contribution in [0.4, 0.5) is 5.82 Å². The number of nitrogens with one attached hydrogen (secondary N) is 1. The summed E-state index contributed by atoms with van der Waals surface area (Å²) in [7, 11) is 0. The molecule has 0 fully saturated rings. The van der Waals surface area contributed by atoms with Gasteiger partial charge in [-0.25, -0.2) is 4.68 Å². The normalized spacial score (nSPS) is 10.5. The van der Waals surface area contributed by atoms with Gasteiger partial charge in [-0.3, -0.25) is 9.59 Å². The minimum Gasteiger partial charge on any atom is -0.309 e. The lowest BCUT2D eigenvalue weighted by atomic mass is 10.3. The number of amides is 1. The van der Waals surface area contributed by atoms with Crippen molar-refractivity contribution in [3.63, 3.8) is 0 Å². The van der Waals surface area contributed by atoms with Crippen molar-refractivity contribution in [2.24, 2.45) is 0 Å². The van der Waals surface area contributed by atoms with E-state index in [-0.39, 0.29) is 18.0 Å². The van der Waals surface area contributed by atoms with Crippen molar-refractivity contribution in [1.82, 2.24) is 14.3 Å². The van der Waals surface area contributed by atoms with Crippen LogP contribution in [0.2, 0.25) is 5.02 Å². The lowest BCUT2D eigenvalue weighted by molar-refractivity contribution is -0.116. The van der Waals surface area contributed by atoms with Gasteiger partial charge >= 0.3 is 0 Å². The quantitative estimate of drug-likeness (QED) is 0.799. The van der Waals surface area contributed by atoms with Gasteiger partial charge in [0.25, 0.3) is 5.56 Å². The number of nitrogens with zero attached hydrogens (tertiary/aromatic N) is 3. The zero-order valence-corrected chi connectivity index (χ0v) is 12.8. The average molecular weight is 329 g/mol. The minimum atomic E-state index is -0.318. The van der Waals surface area contributed by atoms with Crippen LogP contribution in [-0.4, -0.2) is 20.3 Å². The monoisotopic (exact) mass is 328 g/mol. The Bertz CT molecular complexity index is 901. The third kappa shape index (κ3) is 3.49. The van der Waals surface area contributed by atoms with Gasteiger partial charge in [0.05, 0.1) is 11.9 Å². The molecule has 0 aliphatic heterocycles. The van der Waals surface area contributed by atoms with Gasteiger partial charge in [-0.1, -0.05) is 23.7 Å². The summed E-state index contributed by atoms with van der Waals surface area (Å²) in [6.07, 6.45) is 3.14. The van der Waals surface area contributed by atoms with E-state index in [1.807, 2.05) is 6.07 Å². The summed E-state index contributed by atoms with van der Waals surface area (Å²) >= 11 is 5.98. The second-order valence-electron chi connectivity index (χ2n) is 4.82. The molecule has 0 atom stereocenters. The fourth-order valence-electron chi connectivity index (χ4n) is 2.14. The Kier molecular flexibility index (Phi) is 4.25. The van der Waals surface area contributed by atoms with Crippen molar-refractivity contribution < 1.29 is 4.79 Å². The SMILES string of the molecule is O=C(Cn1ccccc1=O)Nc1ccnn1-c1cccc(Cl)c1. The first kappa shape index (κ1) is 15.1. The first-order valence-corrected chi connectivity index (χ1v) is 7.26. The molecule has 116 valence electrons. The molecule has 0 saturated carbocycles. The number of anilines is 1. The van der Waals surface area contributed by atoms with Crippen LogP contribution in [0.25, 0.3) is 5.69 Å². The molecule has 3 aromatic rings. The molecule has 0 bridgehead atoms. The van der Waals surface area contributed by atoms with E-state index < -0.39 is 0 Å².